The summed E-state index contributed by atoms with van der Waals surface area (Å²) in [6.45, 7) is 0.723. The molecule has 0 fully saturated rings. The highest BCUT2D eigenvalue weighted by molar-refractivity contribution is 7.09. The molecule has 1 N–H and O–H groups in total. The molecule has 26 heavy (non-hydrogen) atoms. The first-order valence-electron chi connectivity index (χ1n) is 7.84. The minimum Gasteiger partial charge on any atom is -0.480 e. The van der Waals surface area contributed by atoms with Crippen LogP contribution in [0.4, 0.5) is 5.82 Å². The van der Waals surface area contributed by atoms with Crippen LogP contribution >= 0.6 is 11.3 Å². The number of nitrogens with one attached hydrogen (secondary N) is 1. The Bertz CT molecular complexity index is 1030. The van der Waals surface area contributed by atoms with Crippen molar-refractivity contribution in [3.05, 3.63) is 47.0 Å². The summed E-state index contributed by atoms with van der Waals surface area (Å²) in [7, 11) is 3.06. The van der Waals surface area contributed by atoms with Crippen molar-refractivity contribution < 1.29 is 9.47 Å². The van der Waals surface area contributed by atoms with E-state index in [0.717, 1.165) is 17.9 Å². The summed E-state index contributed by atoms with van der Waals surface area (Å²) in [5.41, 5.74) is 2.17. The SMILES string of the molecule is COc1ncc(-c2cnn3c(NCc4cccs4)ccnc23)c(OC)n1. The molecular weight excluding hydrogens is 352 g/mol. The first-order valence-corrected chi connectivity index (χ1v) is 8.72. The van der Waals surface area contributed by atoms with E-state index in [1.54, 1.807) is 41.6 Å². The zero-order valence-corrected chi connectivity index (χ0v) is 15.0. The summed E-state index contributed by atoms with van der Waals surface area (Å²) in [4.78, 5) is 14.1. The van der Waals surface area contributed by atoms with E-state index < -0.39 is 0 Å². The van der Waals surface area contributed by atoms with Crippen molar-refractivity contribution in [2.75, 3.05) is 19.5 Å². The Kier molecular flexibility index (Phi) is 4.36. The van der Waals surface area contributed by atoms with Crippen LogP contribution < -0.4 is 14.8 Å². The van der Waals surface area contributed by atoms with E-state index in [9.17, 15) is 0 Å². The molecule has 9 heteroatoms. The highest BCUT2D eigenvalue weighted by atomic mass is 32.1. The number of anilines is 1. The predicted molar refractivity (Wildman–Crippen MR) is 98.8 cm³/mol. The molecule has 4 aromatic heterocycles. The van der Waals surface area contributed by atoms with Gasteiger partial charge in [-0.15, -0.1) is 11.3 Å². The summed E-state index contributed by atoms with van der Waals surface area (Å²) in [6, 6.07) is 6.25. The molecule has 4 aromatic rings. The third kappa shape index (κ3) is 2.93. The molecule has 0 spiro atoms. The fourth-order valence-electron chi connectivity index (χ4n) is 2.60. The number of methoxy groups -OCH3 is 2. The van der Waals surface area contributed by atoms with Gasteiger partial charge in [-0.1, -0.05) is 6.07 Å². The van der Waals surface area contributed by atoms with E-state index in [1.165, 1.54) is 12.0 Å². The van der Waals surface area contributed by atoms with Gasteiger partial charge >= 0.3 is 6.01 Å². The number of ether oxygens (including phenoxy) is 2. The fraction of sp³-hybridized carbons (Fsp3) is 0.176. The number of hydrogen-bond acceptors (Lipinski definition) is 8. The van der Waals surface area contributed by atoms with E-state index in [0.29, 0.717) is 17.1 Å². The summed E-state index contributed by atoms with van der Waals surface area (Å²) in [5, 5.41) is 9.91. The predicted octanol–water partition coefficient (Wildman–Crippen LogP) is 2.88. The van der Waals surface area contributed by atoms with Crippen LogP contribution in [0.15, 0.2) is 42.2 Å². The van der Waals surface area contributed by atoms with Gasteiger partial charge in [0.05, 0.1) is 38.1 Å². The van der Waals surface area contributed by atoms with Crippen LogP contribution in [0.3, 0.4) is 0 Å². The van der Waals surface area contributed by atoms with Crippen molar-refractivity contribution in [3.63, 3.8) is 0 Å². The second-order valence-corrected chi connectivity index (χ2v) is 6.37. The Morgan fingerprint density at radius 1 is 1.12 bits per heavy atom. The van der Waals surface area contributed by atoms with Gasteiger partial charge in [-0.05, 0) is 17.5 Å². The molecule has 0 aromatic carbocycles. The van der Waals surface area contributed by atoms with Gasteiger partial charge in [0, 0.05) is 17.3 Å². The number of aromatic nitrogens is 5. The molecule has 8 nitrogen and oxygen atoms in total. The molecule has 0 aliphatic carbocycles. The molecule has 0 saturated carbocycles. The van der Waals surface area contributed by atoms with Crippen LogP contribution in [0.25, 0.3) is 16.8 Å². The second-order valence-electron chi connectivity index (χ2n) is 5.34. The molecule has 0 bridgehead atoms. The average Bonchev–Trinajstić information content (AvgIpc) is 3.35. The van der Waals surface area contributed by atoms with Crippen molar-refractivity contribution in [3.8, 4) is 23.0 Å². The Hall–Kier alpha value is -3.20. The maximum absolute atomic E-state index is 5.38. The highest BCUT2D eigenvalue weighted by Gasteiger charge is 2.17. The van der Waals surface area contributed by atoms with Crippen LogP contribution in [-0.4, -0.2) is 38.8 Å². The fourth-order valence-corrected chi connectivity index (χ4v) is 3.24. The number of nitrogens with zero attached hydrogens (tertiary/aromatic N) is 5. The van der Waals surface area contributed by atoms with E-state index >= 15 is 0 Å². The molecule has 0 radical (unpaired) electrons. The Morgan fingerprint density at radius 2 is 2.04 bits per heavy atom. The third-order valence-corrected chi connectivity index (χ3v) is 4.70. The minimum absolute atomic E-state index is 0.244. The third-order valence-electron chi connectivity index (χ3n) is 3.82. The maximum Gasteiger partial charge on any atom is 0.319 e. The molecule has 4 rings (SSSR count). The first-order chi connectivity index (χ1) is 12.8. The van der Waals surface area contributed by atoms with E-state index in [1.807, 2.05) is 12.1 Å². The zero-order chi connectivity index (χ0) is 17.9. The van der Waals surface area contributed by atoms with Crippen molar-refractivity contribution in [2.24, 2.45) is 0 Å². The lowest BCUT2D eigenvalue weighted by Crippen LogP contribution is -2.04. The van der Waals surface area contributed by atoms with Gasteiger partial charge in [0.1, 0.15) is 5.82 Å². The summed E-state index contributed by atoms with van der Waals surface area (Å²) in [5.74, 6) is 1.26. The number of fused-ring (bicyclic) bond motifs is 1. The number of rotatable bonds is 6. The molecular formula is C17H16N6O2S. The molecule has 132 valence electrons. The van der Waals surface area contributed by atoms with E-state index in [-0.39, 0.29) is 6.01 Å². The number of thiophene rings is 1. The number of hydrogen-bond donors (Lipinski definition) is 1. The molecule has 0 unspecified atom stereocenters. The van der Waals surface area contributed by atoms with E-state index in [4.69, 9.17) is 9.47 Å². The minimum atomic E-state index is 0.244. The molecule has 0 atom stereocenters. The average molecular weight is 368 g/mol. The summed E-state index contributed by atoms with van der Waals surface area (Å²) < 4.78 is 12.2. The van der Waals surface area contributed by atoms with Gasteiger partial charge in [0.25, 0.3) is 0 Å². The molecule has 0 aliphatic rings. The Labute approximate surface area is 153 Å². The van der Waals surface area contributed by atoms with Gasteiger partial charge in [-0.3, -0.25) is 0 Å². The van der Waals surface area contributed by atoms with Gasteiger partial charge in [-0.2, -0.15) is 14.6 Å². The van der Waals surface area contributed by atoms with Crippen LogP contribution in [0.1, 0.15) is 4.88 Å². The van der Waals surface area contributed by atoms with Crippen molar-refractivity contribution >= 4 is 22.8 Å². The molecule has 0 aliphatic heterocycles. The Balaban J connectivity index is 1.73. The van der Waals surface area contributed by atoms with Gasteiger partial charge in [-0.25, -0.2) is 9.97 Å². The topological polar surface area (TPSA) is 86.5 Å². The van der Waals surface area contributed by atoms with Crippen LogP contribution in [0.5, 0.6) is 11.9 Å². The van der Waals surface area contributed by atoms with Gasteiger partial charge in [0.2, 0.25) is 5.88 Å². The van der Waals surface area contributed by atoms with Crippen LogP contribution in [-0.2, 0) is 6.54 Å². The second kappa shape index (κ2) is 6.96. The summed E-state index contributed by atoms with van der Waals surface area (Å²) >= 11 is 1.71. The first kappa shape index (κ1) is 16.3. The summed E-state index contributed by atoms with van der Waals surface area (Å²) in [6.07, 6.45) is 5.12. The maximum atomic E-state index is 5.38. The Morgan fingerprint density at radius 3 is 2.81 bits per heavy atom. The molecule has 4 heterocycles. The smallest absolute Gasteiger partial charge is 0.319 e. The lowest BCUT2D eigenvalue weighted by molar-refractivity contribution is 0.353. The van der Waals surface area contributed by atoms with Gasteiger partial charge in [0.15, 0.2) is 5.65 Å². The lowest BCUT2D eigenvalue weighted by atomic mass is 10.2. The normalized spacial score (nSPS) is 10.8. The van der Waals surface area contributed by atoms with E-state index in [2.05, 4.69) is 36.8 Å². The van der Waals surface area contributed by atoms with Crippen molar-refractivity contribution in [1.29, 1.82) is 0 Å². The van der Waals surface area contributed by atoms with Gasteiger partial charge < -0.3 is 14.8 Å². The largest absolute Gasteiger partial charge is 0.480 e. The van der Waals surface area contributed by atoms with Crippen LogP contribution in [0.2, 0.25) is 0 Å². The lowest BCUT2D eigenvalue weighted by Gasteiger charge is -2.08. The van der Waals surface area contributed by atoms with Crippen LogP contribution in [0, 0.1) is 0 Å². The molecule has 0 saturated heterocycles. The monoisotopic (exact) mass is 368 g/mol. The molecule has 0 amide bonds. The quantitative estimate of drug-likeness (QED) is 0.560. The highest BCUT2D eigenvalue weighted by Crippen LogP contribution is 2.31. The standard InChI is InChI=1S/C17H16N6O2S/c1-24-16-13(9-20-17(22-16)25-2)12-10-21-23-14(5-6-18-15(12)23)19-8-11-4-3-7-26-11/h3-7,9-10,19H,8H2,1-2H3. The van der Waals surface area contributed by atoms with Crippen molar-refractivity contribution in [2.45, 2.75) is 6.54 Å². The van der Waals surface area contributed by atoms with Crippen molar-refractivity contribution in [1.82, 2.24) is 24.6 Å². The zero-order valence-electron chi connectivity index (χ0n) is 14.2.